The van der Waals surface area contributed by atoms with Gasteiger partial charge in [0.15, 0.2) is 0 Å². The molecule has 0 aromatic heterocycles. The minimum atomic E-state index is -4.18. The molecule has 2 rings (SSSR count). The Labute approximate surface area is 111 Å². The molecule has 110 valence electrons. The lowest BCUT2D eigenvalue weighted by molar-refractivity contribution is -0.184. The van der Waals surface area contributed by atoms with Crippen LogP contribution in [0.2, 0.25) is 0 Å². The largest absolute Gasteiger partial charge is 0.393 e. The molecular weight excluding hydrogens is 257 g/mol. The van der Waals surface area contributed by atoms with Crippen molar-refractivity contribution in [1.29, 1.82) is 0 Å². The van der Waals surface area contributed by atoms with Crippen LogP contribution in [0.25, 0.3) is 0 Å². The van der Waals surface area contributed by atoms with Crippen LogP contribution in [0.15, 0.2) is 0 Å². The van der Waals surface area contributed by atoms with E-state index in [2.05, 4.69) is 0 Å². The Kier molecular flexibility index (Phi) is 4.58. The Hall–Kier alpha value is -0.940. The Bertz CT molecular complexity index is 312. The fourth-order valence-electron chi connectivity index (χ4n) is 2.88. The molecule has 19 heavy (non-hydrogen) atoms. The number of hydrogen-bond donors (Lipinski definition) is 0. The first-order valence-electron chi connectivity index (χ1n) is 7.09. The Morgan fingerprint density at radius 2 is 1.47 bits per heavy atom. The van der Waals surface area contributed by atoms with E-state index in [0.717, 1.165) is 25.7 Å². The smallest absolute Gasteiger partial charge is 0.325 e. The standard InChI is InChI=1S/C13H21F3N2O/c14-13(15,16)11-6-5-9-18(10-11)12(19)17-7-3-1-2-4-8-17/h11H,1-10H2. The van der Waals surface area contributed by atoms with Gasteiger partial charge in [-0.05, 0) is 25.7 Å². The molecule has 6 heteroatoms. The maximum atomic E-state index is 12.7. The molecule has 2 aliphatic heterocycles. The fourth-order valence-corrected chi connectivity index (χ4v) is 2.88. The van der Waals surface area contributed by atoms with Gasteiger partial charge in [0.25, 0.3) is 0 Å². The maximum Gasteiger partial charge on any atom is 0.393 e. The highest BCUT2D eigenvalue weighted by Gasteiger charge is 2.43. The maximum absolute atomic E-state index is 12.7. The van der Waals surface area contributed by atoms with Crippen molar-refractivity contribution in [3.8, 4) is 0 Å². The van der Waals surface area contributed by atoms with Gasteiger partial charge in [0.05, 0.1) is 5.92 Å². The number of likely N-dealkylation sites (tertiary alicyclic amines) is 2. The zero-order chi connectivity index (χ0) is 13.9. The number of urea groups is 1. The lowest BCUT2D eigenvalue weighted by Crippen LogP contribution is -2.50. The minimum absolute atomic E-state index is 0.146. The van der Waals surface area contributed by atoms with Gasteiger partial charge in [-0.2, -0.15) is 13.2 Å². The SMILES string of the molecule is O=C(N1CCCCCC1)N1CCCC(C(F)(F)F)C1. The normalized spacial score (nSPS) is 26.2. The molecule has 0 aromatic rings. The summed E-state index contributed by atoms with van der Waals surface area (Å²) in [6, 6.07) is -0.198. The van der Waals surface area contributed by atoms with E-state index in [4.69, 9.17) is 0 Å². The summed E-state index contributed by atoms with van der Waals surface area (Å²) in [5.41, 5.74) is 0. The van der Waals surface area contributed by atoms with Gasteiger partial charge in [-0.1, -0.05) is 12.8 Å². The van der Waals surface area contributed by atoms with Crippen LogP contribution in [-0.4, -0.2) is 48.2 Å². The highest BCUT2D eigenvalue weighted by atomic mass is 19.4. The number of alkyl halides is 3. The predicted octanol–water partition coefficient (Wildman–Crippen LogP) is 3.26. The summed E-state index contributed by atoms with van der Waals surface area (Å²) >= 11 is 0. The van der Waals surface area contributed by atoms with Gasteiger partial charge in [-0.15, -0.1) is 0 Å². The Morgan fingerprint density at radius 1 is 0.895 bits per heavy atom. The molecule has 2 heterocycles. The van der Waals surface area contributed by atoms with E-state index in [1.54, 1.807) is 4.90 Å². The van der Waals surface area contributed by atoms with Gasteiger partial charge in [-0.3, -0.25) is 0 Å². The van der Waals surface area contributed by atoms with Crippen LogP contribution < -0.4 is 0 Å². The summed E-state index contributed by atoms with van der Waals surface area (Å²) in [7, 11) is 0. The third-order valence-electron chi connectivity index (χ3n) is 4.03. The van der Waals surface area contributed by atoms with Crippen molar-refractivity contribution in [2.24, 2.45) is 5.92 Å². The van der Waals surface area contributed by atoms with Gasteiger partial charge in [-0.25, -0.2) is 4.79 Å². The number of nitrogens with zero attached hydrogens (tertiary/aromatic N) is 2. The van der Waals surface area contributed by atoms with Gasteiger partial charge in [0, 0.05) is 26.2 Å². The molecule has 2 aliphatic rings. The first-order valence-corrected chi connectivity index (χ1v) is 7.09. The van der Waals surface area contributed by atoms with Crippen LogP contribution in [0.5, 0.6) is 0 Å². The number of carbonyl (C=O) groups is 1. The second-order valence-electron chi connectivity index (χ2n) is 5.51. The van der Waals surface area contributed by atoms with Crippen LogP contribution in [0, 0.1) is 5.92 Å². The molecule has 1 atom stereocenters. The van der Waals surface area contributed by atoms with Gasteiger partial charge in [0.2, 0.25) is 0 Å². The summed E-state index contributed by atoms with van der Waals surface area (Å²) in [6.45, 7) is 1.67. The van der Waals surface area contributed by atoms with E-state index in [1.807, 2.05) is 0 Å². The Balaban J connectivity index is 1.94. The fraction of sp³-hybridized carbons (Fsp3) is 0.923. The Morgan fingerprint density at radius 3 is 2.05 bits per heavy atom. The molecule has 0 saturated carbocycles. The van der Waals surface area contributed by atoms with Crippen LogP contribution >= 0.6 is 0 Å². The van der Waals surface area contributed by atoms with Crippen LogP contribution in [0.1, 0.15) is 38.5 Å². The first-order chi connectivity index (χ1) is 8.98. The molecule has 0 aliphatic carbocycles. The van der Waals surface area contributed by atoms with Crippen molar-refractivity contribution in [2.75, 3.05) is 26.2 Å². The molecular formula is C13H21F3N2O. The third-order valence-corrected chi connectivity index (χ3v) is 4.03. The van der Waals surface area contributed by atoms with Crippen molar-refractivity contribution in [1.82, 2.24) is 9.80 Å². The zero-order valence-corrected chi connectivity index (χ0v) is 11.1. The van der Waals surface area contributed by atoms with E-state index >= 15 is 0 Å². The quantitative estimate of drug-likeness (QED) is 0.667. The van der Waals surface area contributed by atoms with Crippen LogP contribution in [0.3, 0.4) is 0 Å². The molecule has 2 amide bonds. The molecule has 0 bridgehead atoms. The first kappa shape index (κ1) is 14.5. The molecule has 2 fully saturated rings. The van der Waals surface area contributed by atoms with Crippen molar-refractivity contribution < 1.29 is 18.0 Å². The number of carbonyl (C=O) groups excluding carboxylic acids is 1. The molecule has 0 N–H and O–H groups in total. The monoisotopic (exact) mass is 278 g/mol. The van der Waals surface area contributed by atoms with Crippen molar-refractivity contribution in [3.63, 3.8) is 0 Å². The van der Waals surface area contributed by atoms with Gasteiger partial charge >= 0.3 is 12.2 Å². The van der Waals surface area contributed by atoms with E-state index in [0.29, 0.717) is 26.1 Å². The summed E-state index contributed by atoms with van der Waals surface area (Å²) in [4.78, 5) is 15.4. The summed E-state index contributed by atoms with van der Waals surface area (Å²) in [6.07, 6.45) is 0.545. The average molecular weight is 278 g/mol. The summed E-state index contributed by atoms with van der Waals surface area (Å²) in [5.74, 6) is -1.35. The number of hydrogen-bond acceptors (Lipinski definition) is 1. The number of amides is 2. The van der Waals surface area contributed by atoms with Crippen molar-refractivity contribution in [3.05, 3.63) is 0 Å². The van der Waals surface area contributed by atoms with Crippen LogP contribution in [-0.2, 0) is 0 Å². The van der Waals surface area contributed by atoms with E-state index in [-0.39, 0.29) is 19.0 Å². The van der Waals surface area contributed by atoms with E-state index < -0.39 is 12.1 Å². The third kappa shape index (κ3) is 3.76. The predicted molar refractivity (Wildman–Crippen MR) is 65.8 cm³/mol. The zero-order valence-electron chi connectivity index (χ0n) is 11.1. The second-order valence-corrected chi connectivity index (χ2v) is 5.51. The van der Waals surface area contributed by atoms with Crippen LogP contribution in [0.4, 0.5) is 18.0 Å². The molecule has 0 radical (unpaired) electrons. The molecule has 3 nitrogen and oxygen atoms in total. The highest BCUT2D eigenvalue weighted by Crippen LogP contribution is 2.33. The summed E-state index contributed by atoms with van der Waals surface area (Å²) < 4.78 is 38.2. The van der Waals surface area contributed by atoms with E-state index in [1.165, 1.54) is 4.90 Å². The molecule has 2 saturated heterocycles. The number of rotatable bonds is 0. The average Bonchev–Trinajstić information content (AvgIpc) is 2.66. The van der Waals surface area contributed by atoms with Crippen molar-refractivity contribution >= 4 is 6.03 Å². The summed E-state index contributed by atoms with van der Waals surface area (Å²) in [5, 5.41) is 0. The molecule has 0 aromatic carbocycles. The second kappa shape index (κ2) is 6.01. The topological polar surface area (TPSA) is 23.6 Å². The van der Waals surface area contributed by atoms with Gasteiger partial charge in [0.1, 0.15) is 0 Å². The molecule has 0 spiro atoms. The van der Waals surface area contributed by atoms with Crippen molar-refractivity contribution in [2.45, 2.75) is 44.7 Å². The highest BCUT2D eigenvalue weighted by molar-refractivity contribution is 5.74. The minimum Gasteiger partial charge on any atom is -0.325 e. The molecule has 1 unspecified atom stereocenters. The lowest BCUT2D eigenvalue weighted by Gasteiger charge is -2.36. The number of piperidine rings is 1. The van der Waals surface area contributed by atoms with Gasteiger partial charge < -0.3 is 9.80 Å². The lowest BCUT2D eigenvalue weighted by atomic mass is 9.98. The number of halogens is 3. The van der Waals surface area contributed by atoms with E-state index in [9.17, 15) is 18.0 Å².